The second-order valence-electron chi connectivity index (χ2n) is 4.24. The Morgan fingerprint density at radius 2 is 1.84 bits per heavy atom. The maximum atomic E-state index is 12.1. The van der Waals surface area contributed by atoms with E-state index in [1.807, 2.05) is 51.1 Å². The van der Waals surface area contributed by atoms with Crippen LogP contribution in [0.15, 0.2) is 35.9 Å². The Labute approximate surface area is 115 Å². The van der Waals surface area contributed by atoms with E-state index in [2.05, 4.69) is 0 Å². The van der Waals surface area contributed by atoms with Crippen molar-refractivity contribution in [2.45, 2.75) is 27.2 Å². The zero-order chi connectivity index (χ0) is 14.1. The maximum absolute atomic E-state index is 12.1. The first-order chi connectivity index (χ1) is 9.20. The quantitative estimate of drug-likeness (QED) is 0.557. The normalized spacial score (nSPS) is 11.9. The minimum absolute atomic E-state index is 0.281. The molecule has 0 spiro atoms. The van der Waals surface area contributed by atoms with Gasteiger partial charge in [-0.1, -0.05) is 37.3 Å². The van der Waals surface area contributed by atoms with Gasteiger partial charge in [0.05, 0.1) is 18.8 Å². The average Bonchev–Trinajstić information content (AvgIpc) is 2.46. The van der Waals surface area contributed by atoms with Crippen LogP contribution < -0.4 is 0 Å². The fraction of sp³-hybridized carbons (Fsp3) is 0.438. The van der Waals surface area contributed by atoms with Crippen LogP contribution in [0.1, 0.15) is 32.8 Å². The van der Waals surface area contributed by atoms with Gasteiger partial charge in [0.2, 0.25) is 0 Å². The lowest BCUT2D eigenvalue weighted by Crippen LogP contribution is -2.15. The molecule has 3 nitrogen and oxygen atoms in total. The summed E-state index contributed by atoms with van der Waals surface area (Å²) in [6.07, 6.45) is 0.817. The molecule has 0 saturated carbocycles. The number of carbonyl (C=O) groups is 1. The molecule has 0 unspecified atom stereocenters. The minimum Gasteiger partial charge on any atom is -0.462 e. The Balaban J connectivity index is 2.97. The predicted octanol–water partition coefficient (Wildman–Crippen LogP) is 3.45. The SMILES string of the molecule is CCCOC(=O)C(COCC)=C(C)c1ccccc1. The lowest BCUT2D eigenvalue weighted by molar-refractivity contribution is -0.139. The molecule has 19 heavy (non-hydrogen) atoms. The third-order valence-electron chi connectivity index (χ3n) is 2.79. The number of hydrogen-bond acceptors (Lipinski definition) is 3. The van der Waals surface area contributed by atoms with Crippen LogP contribution in [0.3, 0.4) is 0 Å². The molecule has 0 aliphatic heterocycles. The van der Waals surface area contributed by atoms with E-state index in [1.54, 1.807) is 0 Å². The van der Waals surface area contributed by atoms with Crippen LogP contribution in [0.4, 0.5) is 0 Å². The maximum Gasteiger partial charge on any atom is 0.336 e. The van der Waals surface area contributed by atoms with E-state index in [-0.39, 0.29) is 5.97 Å². The number of carbonyl (C=O) groups excluding carboxylic acids is 1. The van der Waals surface area contributed by atoms with E-state index in [9.17, 15) is 4.79 Å². The molecule has 0 atom stereocenters. The Morgan fingerprint density at radius 1 is 1.16 bits per heavy atom. The molecule has 104 valence electrons. The van der Waals surface area contributed by atoms with Crippen molar-refractivity contribution in [3.05, 3.63) is 41.5 Å². The number of ether oxygens (including phenoxy) is 2. The van der Waals surface area contributed by atoms with Crippen LogP contribution in [-0.2, 0) is 14.3 Å². The molecule has 1 rings (SSSR count). The van der Waals surface area contributed by atoms with Crippen molar-refractivity contribution in [2.24, 2.45) is 0 Å². The van der Waals surface area contributed by atoms with E-state index < -0.39 is 0 Å². The molecular formula is C16H22O3. The fourth-order valence-electron chi connectivity index (χ4n) is 1.67. The monoisotopic (exact) mass is 262 g/mol. The van der Waals surface area contributed by atoms with Gasteiger partial charge in [-0.2, -0.15) is 0 Å². The largest absolute Gasteiger partial charge is 0.462 e. The first-order valence-electron chi connectivity index (χ1n) is 6.70. The van der Waals surface area contributed by atoms with Gasteiger partial charge in [-0.3, -0.25) is 0 Å². The summed E-state index contributed by atoms with van der Waals surface area (Å²) in [5, 5.41) is 0. The Bertz CT molecular complexity index is 421. The van der Waals surface area contributed by atoms with Crippen molar-refractivity contribution in [3.8, 4) is 0 Å². The molecule has 0 fully saturated rings. The van der Waals surface area contributed by atoms with Gasteiger partial charge in [0.25, 0.3) is 0 Å². The summed E-state index contributed by atoms with van der Waals surface area (Å²) in [5.41, 5.74) is 2.53. The van der Waals surface area contributed by atoms with Crippen LogP contribution in [0, 0.1) is 0 Å². The molecule has 0 aromatic heterocycles. The zero-order valence-electron chi connectivity index (χ0n) is 11.9. The van der Waals surface area contributed by atoms with Gasteiger partial charge in [0.1, 0.15) is 0 Å². The highest BCUT2D eigenvalue weighted by atomic mass is 16.5. The van der Waals surface area contributed by atoms with Crippen molar-refractivity contribution in [1.29, 1.82) is 0 Å². The molecule has 1 aromatic rings. The number of esters is 1. The molecule has 0 bridgehead atoms. The van der Waals surface area contributed by atoms with Crippen molar-refractivity contribution in [2.75, 3.05) is 19.8 Å². The predicted molar refractivity (Wildman–Crippen MR) is 76.8 cm³/mol. The Kier molecular flexibility index (Phi) is 6.90. The first-order valence-corrected chi connectivity index (χ1v) is 6.70. The standard InChI is InChI=1S/C16H22O3/c1-4-11-19-16(17)15(12-18-5-2)13(3)14-9-7-6-8-10-14/h6-10H,4-5,11-12H2,1-3H3. The van der Waals surface area contributed by atoms with Gasteiger partial charge in [-0.25, -0.2) is 4.79 Å². The van der Waals surface area contributed by atoms with Gasteiger partial charge >= 0.3 is 5.97 Å². The van der Waals surface area contributed by atoms with Gasteiger partial charge in [0.15, 0.2) is 0 Å². The highest BCUT2D eigenvalue weighted by Crippen LogP contribution is 2.19. The van der Waals surface area contributed by atoms with Gasteiger partial charge in [0, 0.05) is 6.61 Å². The summed E-state index contributed by atoms with van der Waals surface area (Å²) in [7, 11) is 0. The van der Waals surface area contributed by atoms with Gasteiger partial charge in [-0.05, 0) is 31.4 Å². The van der Waals surface area contributed by atoms with E-state index in [4.69, 9.17) is 9.47 Å². The molecule has 3 heteroatoms. The van der Waals surface area contributed by atoms with Crippen LogP contribution in [0.25, 0.3) is 5.57 Å². The van der Waals surface area contributed by atoms with Crippen molar-refractivity contribution in [1.82, 2.24) is 0 Å². The van der Waals surface area contributed by atoms with Crippen molar-refractivity contribution >= 4 is 11.5 Å². The van der Waals surface area contributed by atoms with Crippen LogP contribution in [-0.4, -0.2) is 25.8 Å². The molecule has 0 N–H and O–H groups in total. The molecule has 0 radical (unpaired) electrons. The second-order valence-corrected chi connectivity index (χ2v) is 4.24. The summed E-state index contributed by atoms with van der Waals surface area (Å²) in [6, 6.07) is 9.82. The third kappa shape index (κ3) is 4.87. The molecule has 0 aliphatic carbocycles. The summed E-state index contributed by atoms with van der Waals surface area (Å²) < 4.78 is 10.6. The summed E-state index contributed by atoms with van der Waals surface area (Å²) >= 11 is 0. The summed E-state index contributed by atoms with van der Waals surface area (Å²) in [5.74, 6) is -0.281. The zero-order valence-corrected chi connectivity index (χ0v) is 11.9. The minimum atomic E-state index is -0.281. The van der Waals surface area contributed by atoms with Crippen LogP contribution >= 0.6 is 0 Å². The number of benzene rings is 1. The van der Waals surface area contributed by atoms with Gasteiger partial charge < -0.3 is 9.47 Å². The molecule has 1 aromatic carbocycles. The highest BCUT2D eigenvalue weighted by molar-refractivity contribution is 5.97. The van der Waals surface area contributed by atoms with Crippen molar-refractivity contribution in [3.63, 3.8) is 0 Å². The van der Waals surface area contributed by atoms with Gasteiger partial charge in [-0.15, -0.1) is 0 Å². The van der Waals surface area contributed by atoms with E-state index in [0.717, 1.165) is 17.6 Å². The lowest BCUT2D eigenvalue weighted by Gasteiger charge is -2.12. The number of hydrogen-bond donors (Lipinski definition) is 0. The Morgan fingerprint density at radius 3 is 2.42 bits per heavy atom. The molecule has 0 heterocycles. The average molecular weight is 262 g/mol. The molecule has 0 saturated heterocycles. The third-order valence-corrected chi connectivity index (χ3v) is 2.79. The van der Waals surface area contributed by atoms with E-state index in [1.165, 1.54) is 0 Å². The Hall–Kier alpha value is -1.61. The van der Waals surface area contributed by atoms with Crippen molar-refractivity contribution < 1.29 is 14.3 Å². The fourth-order valence-corrected chi connectivity index (χ4v) is 1.67. The molecule has 0 aliphatic rings. The van der Waals surface area contributed by atoms with Crippen LogP contribution in [0.5, 0.6) is 0 Å². The van der Waals surface area contributed by atoms with E-state index >= 15 is 0 Å². The number of rotatable bonds is 7. The first kappa shape index (κ1) is 15.4. The molecule has 0 amide bonds. The van der Waals surface area contributed by atoms with E-state index in [0.29, 0.717) is 25.4 Å². The highest BCUT2D eigenvalue weighted by Gasteiger charge is 2.15. The lowest BCUT2D eigenvalue weighted by atomic mass is 10.0. The molecular weight excluding hydrogens is 240 g/mol. The van der Waals surface area contributed by atoms with Crippen LogP contribution in [0.2, 0.25) is 0 Å². The number of allylic oxidation sites excluding steroid dienone is 1. The summed E-state index contributed by atoms with van der Waals surface area (Å²) in [6.45, 7) is 7.12. The smallest absolute Gasteiger partial charge is 0.336 e. The topological polar surface area (TPSA) is 35.5 Å². The second kappa shape index (κ2) is 8.48. The summed E-state index contributed by atoms with van der Waals surface area (Å²) in [4.78, 5) is 12.1.